The van der Waals surface area contributed by atoms with Gasteiger partial charge in [0.25, 0.3) is 5.91 Å². The molecular formula is C26H28N4O3S. The molecule has 0 spiro atoms. The summed E-state index contributed by atoms with van der Waals surface area (Å²) in [6, 6.07) is 12.0. The molecule has 34 heavy (non-hydrogen) atoms. The second kappa shape index (κ2) is 8.05. The van der Waals surface area contributed by atoms with Crippen molar-refractivity contribution >= 4 is 32.4 Å². The molecule has 3 aromatic rings. The van der Waals surface area contributed by atoms with Gasteiger partial charge in [-0.1, -0.05) is 36.4 Å². The van der Waals surface area contributed by atoms with Gasteiger partial charge in [0.1, 0.15) is 0 Å². The number of aromatic nitrogens is 3. The Balaban J connectivity index is 1.37. The summed E-state index contributed by atoms with van der Waals surface area (Å²) in [5.74, 6) is 0.633. The Bertz CT molecular complexity index is 1420. The zero-order valence-corrected chi connectivity index (χ0v) is 20.1. The predicted molar refractivity (Wildman–Crippen MR) is 131 cm³/mol. The number of hydrogen-bond acceptors (Lipinski definition) is 5. The number of pyridine rings is 1. The average molecular weight is 477 g/mol. The van der Waals surface area contributed by atoms with Gasteiger partial charge in [0.2, 0.25) is 0 Å². The number of carbonyl (C=O) groups excluding carboxylic acids is 1. The Labute approximate surface area is 199 Å². The lowest BCUT2D eigenvalue weighted by Gasteiger charge is -2.27. The average Bonchev–Trinajstić information content (AvgIpc) is 3.57. The minimum Gasteiger partial charge on any atom is -0.335 e. The predicted octanol–water partition coefficient (Wildman–Crippen LogP) is 3.91. The fourth-order valence-corrected chi connectivity index (χ4v) is 6.94. The zero-order valence-electron chi connectivity index (χ0n) is 19.3. The highest BCUT2D eigenvalue weighted by molar-refractivity contribution is 7.91. The lowest BCUT2D eigenvalue weighted by atomic mass is 9.98. The van der Waals surface area contributed by atoms with Crippen LogP contribution in [0, 0.1) is 6.92 Å². The van der Waals surface area contributed by atoms with Crippen LogP contribution >= 0.6 is 0 Å². The van der Waals surface area contributed by atoms with E-state index in [9.17, 15) is 13.2 Å². The molecule has 1 saturated heterocycles. The van der Waals surface area contributed by atoms with Crippen LogP contribution in [0.4, 0.5) is 0 Å². The highest BCUT2D eigenvalue weighted by Gasteiger charge is 2.34. The van der Waals surface area contributed by atoms with Crippen LogP contribution in [0.2, 0.25) is 0 Å². The van der Waals surface area contributed by atoms with E-state index in [1.807, 2.05) is 36.1 Å². The number of benzene rings is 1. The zero-order chi connectivity index (χ0) is 23.4. The Morgan fingerprint density at radius 2 is 1.91 bits per heavy atom. The first-order valence-electron chi connectivity index (χ1n) is 12.0. The molecule has 1 aromatic carbocycles. The number of fused-ring (bicyclic) bond motifs is 1. The maximum atomic E-state index is 13.8. The summed E-state index contributed by atoms with van der Waals surface area (Å²) in [4.78, 5) is 20.6. The lowest BCUT2D eigenvalue weighted by Crippen LogP contribution is -2.35. The number of amides is 1. The fourth-order valence-electron chi connectivity index (χ4n) is 5.25. The summed E-state index contributed by atoms with van der Waals surface area (Å²) in [6.45, 7) is 3.12. The molecule has 7 nitrogen and oxygen atoms in total. The summed E-state index contributed by atoms with van der Waals surface area (Å²) >= 11 is 0. The number of aryl methyl sites for hydroxylation is 1. The van der Waals surface area contributed by atoms with E-state index in [1.54, 1.807) is 4.68 Å². The van der Waals surface area contributed by atoms with Crippen molar-refractivity contribution in [3.05, 3.63) is 65.0 Å². The molecule has 0 N–H and O–H groups in total. The standard InChI is InChI=1S/C26H28N4O3S/c1-17-24-22(26(31)29-12-9-19(10-13-29)18-5-3-2-4-6-18)15-23(20-7-8-20)27-25(24)30(28-17)21-11-14-34(32,33)16-21/h2-6,9,15,20-21H,7-8,10-14,16H2,1H3/t21-/m0/s1. The second-order valence-corrected chi connectivity index (χ2v) is 12.0. The third kappa shape index (κ3) is 3.83. The van der Waals surface area contributed by atoms with Crippen LogP contribution in [0.1, 0.15) is 65.0 Å². The third-order valence-corrected chi connectivity index (χ3v) is 9.03. The van der Waals surface area contributed by atoms with E-state index in [0.29, 0.717) is 36.6 Å². The van der Waals surface area contributed by atoms with Gasteiger partial charge >= 0.3 is 0 Å². The van der Waals surface area contributed by atoms with E-state index >= 15 is 0 Å². The Hall–Kier alpha value is -3.00. The topological polar surface area (TPSA) is 85.2 Å². The van der Waals surface area contributed by atoms with Gasteiger partial charge in [-0.25, -0.2) is 18.1 Å². The van der Waals surface area contributed by atoms with E-state index in [1.165, 1.54) is 11.1 Å². The maximum absolute atomic E-state index is 13.8. The Morgan fingerprint density at radius 1 is 1.12 bits per heavy atom. The SMILES string of the molecule is Cc1nn([C@H]2CCS(=O)(=O)C2)c2nc(C3CC3)cc(C(=O)N3CC=C(c4ccccc4)CC3)c12. The Morgan fingerprint density at radius 3 is 2.56 bits per heavy atom. The molecule has 1 saturated carbocycles. The normalized spacial score (nSPS) is 22.2. The first kappa shape index (κ1) is 21.5. The third-order valence-electron chi connectivity index (χ3n) is 7.28. The molecule has 176 valence electrons. The minimum absolute atomic E-state index is 0.000597. The van der Waals surface area contributed by atoms with Crippen LogP contribution in [0.15, 0.2) is 42.5 Å². The van der Waals surface area contributed by atoms with Crippen LogP contribution in [0.5, 0.6) is 0 Å². The van der Waals surface area contributed by atoms with Gasteiger partial charge in [0.15, 0.2) is 15.5 Å². The van der Waals surface area contributed by atoms with E-state index in [0.717, 1.165) is 36.0 Å². The summed E-state index contributed by atoms with van der Waals surface area (Å²) in [5.41, 5.74) is 5.44. The molecule has 8 heteroatoms. The summed E-state index contributed by atoms with van der Waals surface area (Å²) in [7, 11) is -3.06. The van der Waals surface area contributed by atoms with Gasteiger partial charge in [-0.3, -0.25) is 4.79 Å². The summed E-state index contributed by atoms with van der Waals surface area (Å²) in [5, 5.41) is 5.47. The van der Waals surface area contributed by atoms with E-state index < -0.39 is 9.84 Å². The number of nitrogens with zero attached hydrogens (tertiary/aromatic N) is 4. The summed E-state index contributed by atoms with van der Waals surface area (Å²) in [6.07, 6.45) is 5.65. The summed E-state index contributed by atoms with van der Waals surface area (Å²) < 4.78 is 26.0. The van der Waals surface area contributed by atoms with Gasteiger partial charge in [-0.05, 0) is 49.8 Å². The first-order chi connectivity index (χ1) is 16.4. The molecule has 1 aliphatic carbocycles. The number of rotatable bonds is 4. The molecule has 2 fully saturated rings. The maximum Gasteiger partial charge on any atom is 0.255 e. The fraction of sp³-hybridized carbons (Fsp3) is 0.423. The second-order valence-electron chi connectivity index (χ2n) is 9.75. The molecule has 2 aromatic heterocycles. The first-order valence-corrected chi connectivity index (χ1v) is 13.9. The van der Waals surface area contributed by atoms with E-state index in [2.05, 4.69) is 18.2 Å². The smallest absolute Gasteiger partial charge is 0.255 e. The van der Waals surface area contributed by atoms with Gasteiger partial charge in [0, 0.05) is 24.7 Å². The molecule has 0 unspecified atom stereocenters. The van der Waals surface area contributed by atoms with Crippen molar-refractivity contribution in [2.24, 2.45) is 0 Å². The molecule has 4 heterocycles. The van der Waals surface area contributed by atoms with Crippen LogP contribution in [-0.4, -0.2) is 58.6 Å². The molecule has 1 amide bonds. The quantitative estimate of drug-likeness (QED) is 0.570. The molecule has 3 aliphatic rings. The van der Waals surface area contributed by atoms with Gasteiger partial charge in [-0.2, -0.15) is 5.10 Å². The minimum atomic E-state index is -3.06. The van der Waals surface area contributed by atoms with Crippen LogP contribution < -0.4 is 0 Å². The molecule has 2 aliphatic heterocycles. The molecule has 6 rings (SSSR count). The van der Waals surface area contributed by atoms with Gasteiger partial charge in [0.05, 0.1) is 34.2 Å². The van der Waals surface area contributed by atoms with E-state index in [-0.39, 0.29) is 23.5 Å². The Kier molecular flexibility index (Phi) is 5.09. The van der Waals surface area contributed by atoms with Gasteiger partial charge < -0.3 is 4.90 Å². The largest absolute Gasteiger partial charge is 0.335 e. The number of carbonyl (C=O) groups is 1. The van der Waals surface area contributed by atoms with Crippen molar-refractivity contribution in [1.29, 1.82) is 0 Å². The molecule has 1 atom stereocenters. The molecule has 0 bridgehead atoms. The van der Waals surface area contributed by atoms with Crippen molar-refractivity contribution < 1.29 is 13.2 Å². The highest BCUT2D eigenvalue weighted by Crippen LogP contribution is 2.41. The lowest BCUT2D eigenvalue weighted by molar-refractivity contribution is 0.0774. The van der Waals surface area contributed by atoms with Crippen molar-refractivity contribution in [1.82, 2.24) is 19.7 Å². The van der Waals surface area contributed by atoms with Crippen molar-refractivity contribution in [2.75, 3.05) is 24.6 Å². The van der Waals surface area contributed by atoms with Crippen LogP contribution in [0.3, 0.4) is 0 Å². The van der Waals surface area contributed by atoms with Crippen LogP contribution in [-0.2, 0) is 9.84 Å². The van der Waals surface area contributed by atoms with Crippen molar-refractivity contribution in [3.63, 3.8) is 0 Å². The van der Waals surface area contributed by atoms with Crippen LogP contribution in [0.25, 0.3) is 16.6 Å². The number of hydrogen-bond donors (Lipinski definition) is 0. The monoisotopic (exact) mass is 476 g/mol. The molecule has 0 radical (unpaired) electrons. The molecular weight excluding hydrogens is 448 g/mol. The highest BCUT2D eigenvalue weighted by atomic mass is 32.2. The van der Waals surface area contributed by atoms with Crippen molar-refractivity contribution in [3.8, 4) is 0 Å². The van der Waals surface area contributed by atoms with E-state index in [4.69, 9.17) is 10.1 Å². The number of sulfone groups is 1. The van der Waals surface area contributed by atoms with Crippen molar-refractivity contribution in [2.45, 2.75) is 44.6 Å². The van der Waals surface area contributed by atoms with Gasteiger partial charge in [-0.15, -0.1) is 0 Å².